The van der Waals surface area contributed by atoms with Gasteiger partial charge in [0.25, 0.3) is 0 Å². The van der Waals surface area contributed by atoms with Crippen molar-refractivity contribution >= 4 is 23.2 Å². The highest BCUT2D eigenvalue weighted by molar-refractivity contribution is 6.32. The molecule has 5 heteroatoms. The predicted molar refractivity (Wildman–Crippen MR) is 69.2 cm³/mol. The van der Waals surface area contributed by atoms with E-state index in [-0.39, 0.29) is 22.6 Å². The van der Waals surface area contributed by atoms with Gasteiger partial charge in [-0.05, 0) is 37.6 Å². The molecule has 0 radical (unpaired) electrons. The van der Waals surface area contributed by atoms with Crippen LogP contribution in [0.15, 0.2) is 18.2 Å². The smallest absolute Gasteiger partial charge is 0.227 e. The predicted octanol–water partition coefficient (Wildman–Crippen LogP) is 2.36. The number of carbonyl (C=O) groups excluding carboxylic acids is 1. The summed E-state index contributed by atoms with van der Waals surface area (Å²) in [6.07, 6.45) is 1.58. The second kappa shape index (κ2) is 6.47. The molecule has 4 N–H and O–H groups in total. The van der Waals surface area contributed by atoms with Crippen LogP contribution in [0.1, 0.15) is 19.8 Å². The van der Waals surface area contributed by atoms with Crippen LogP contribution in [-0.2, 0) is 4.79 Å². The summed E-state index contributed by atoms with van der Waals surface area (Å²) in [5, 5.41) is 12.2. The van der Waals surface area contributed by atoms with Crippen molar-refractivity contribution in [1.82, 2.24) is 0 Å². The van der Waals surface area contributed by atoms with E-state index in [0.29, 0.717) is 12.2 Å². The summed E-state index contributed by atoms with van der Waals surface area (Å²) in [6, 6.07) is 4.57. The van der Waals surface area contributed by atoms with Gasteiger partial charge in [-0.2, -0.15) is 0 Å². The van der Waals surface area contributed by atoms with Crippen molar-refractivity contribution in [3.8, 4) is 5.75 Å². The lowest BCUT2D eigenvalue weighted by molar-refractivity contribution is -0.119. The largest absolute Gasteiger partial charge is 0.506 e. The normalized spacial score (nSPS) is 12.2. The molecule has 17 heavy (non-hydrogen) atoms. The summed E-state index contributed by atoms with van der Waals surface area (Å²) in [5.74, 6) is -0.160. The highest BCUT2D eigenvalue weighted by atomic mass is 35.5. The molecule has 4 nitrogen and oxygen atoms in total. The topological polar surface area (TPSA) is 75.4 Å². The van der Waals surface area contributed by atoms with Gasteiger partial charge in [0.05, 0.1) is 5.02 Å². The minimum Gasteiger partial charge on any atom is -0.506 e. The molecule has 1 unspecified atom stereocenters. The lowest BCUT2D eigenvalue weighted by Gasteiger charge is -2.12. The number of hydrogen-bond donors (Lipinski definition) is 3. The molecular weight excluding hydrogens is 240 g/mol. The molecule has 1 aromatic rings. The SMILES string of the molecule is CC(CCCN)C(=O)Nc1ccc(O)c(Cl)c1. The number of phenols is 1. The number of benzene rings is 1. The van der Waals surface area contributed by atoms with Gasteiger partial charge in [0.1, 0.15) is 5.75 Å². The molecular formula is C12H17ClN2O2. The van der Waals surface area contributed by atoms with Crippen molar-refractivity contribution in [1.29, 1.82) is 0 Å². The van der Waals surface area contributed by atoms with E-state index >= 15 is 0 Å². The average Bonchev–Trinajstić information content (AvgIpc) is 2.30. The molecule has 1 rings (SSSR count). The van der Waals surface area contributed by atoms with Crippen molar-refractivity contribution in [2.45, 2.75) is 19.8 Å². The average molecular weight is 257 g/mol. The molecule has 0 saturated carbocycles. The van der Waals surface area contributed by atoms with E-state index in [0.717, 1.165) is 12.8 Å². The Morgan fingerprint density at radius 3 is 2.88 bits per heavy atom. The minimum absolute atomic E-state index is 0.000783. The first-order valence-corrected chi connectivity index (χ1v) is 5.92. The van der Waals surface area contributed by atoms with Gasteiger partial charge >= 0.3 is 0 Å². The molecule has 0 bridgehead atoms. The Bertz CT molecular complexity index is 396. The summed E-state index contributed by atoms with van der Waals surface area (Å²) in [7, 11) is 0. The maximum absolute atomic E-state index is 11.8. The Balaban J connectivity index is 2.58. The molecule has 0 fully saturated rings. The molecule has 0 heterocycles. The van der Waals surface area contributed by atoms with Gasteiger partial charge in [0, 0.05) is 11.6 Å². The summed E-state index contributed by atoms with van der Waals surface area (Å²) < 4.78 is 0. The first-order valence-electron chi connectivity index (χ1n) is 5.54. The first kappa shape index (κ1) is 13.8. The van der Waals surface area contributed by atoms with Gasteiger partial charge in [-0.15, -0.1) is 0 Å². The van der Waals surface area contributed by atoms with Crippen molar-refractivity contribution in [2.24, 2.45) is 11.7 Å². The highest BCUT2D eigenvalue weighted by Crippen LogP contribution is 2.26. The summed E-state index contributed by atoms with van der Waals surface area (Å²) in [5.41, 5.74) is 5.97. The number of nitrogens with one attached hydrogen (secondary N) is 1. The van der Waals surface area contributed by atoms with Crippen molar-refractivity contribution in [3.63, 3.8) is 0 Å². The second-order valence-corrected chi connectivity index (χ2v) is 4.39. The van der Waals surface area contributed by atoms with Crippen molar-refractivity contribution < 1.29 is 9.90 Å². The maximum Gasteiger partial charge on any atom is 0.227 e. The van der Waals surface area contributed by atoms with Crippen molar-refractivity contribution in [2.75, 3.05) is 11.9 Å². The summed E-state index contributed by atoms with van der Waals surface area (Å²) >= 11 is 5.74. The van der Waals surface area contributed by atoms with Gasteiger partial charge in [-0.3, -0.25) is 4.79 Å². The number of nitrogens with two attached hydrogens (primary N) is 1. The van der Waals surface area contributed by atoms with Crippen LogP contribution < -0.4 is 11.1 Å². The van der Waals surface area contributed by atoms with Gasteiger partial charge in [0.2, 0.25) is 5.91 Å². The number of carbonyl (C=O) groups is 1. The standard InChI is InChI=1S/C12H17ClN2O2/c1-8(3-2-6-14)12(17)15-9-4-5-11(16)10(13)7-9/h4-5,7-8,16H,2-3,6,14H2,1H3,(H,15,17). The molecule has 0 spiro atoms. The number of anilines is 1. The van der Waals surface area contributed by atoms with Gasteiger partial charge in [-0.1, -0.05) is 18.5 Å². The Morgan fingerprint density at radius 1 is 1.59 bits per heavy atom. The first-order chi connectivity index (χ1) is 8.04. The number of hydrogen-bond acceptors (Lipinski definition) is 3. The zero-order chi connectivity index (χ0) is 12.8. The molecule has 0 aromatic heterocycles. The maximum atomic E-state index is 11.8. The number of phenolic OH excluding ortho intramolecular Hbond substituents is 1. The van der Waals surface area contributed by atoms with E-state index in [1.54, 1.807) is 6.07 Å². The Morgan fingerprint density at radius 2 is 2.29 bits per heavy atom. The zero-order valence-electron chi connectivity index (χ0n) is 9.74. The fourth-order valence-corrected chi connectivity index (χ4v) is 1.59. The van der Waals surface area contributed by atoms with Crippen LogP contribution in [0, 0.1) is 5.92 Å². The molecule has 0 aliphatic carbocycles. The Labute approximate surface area is 106 Å². The second-order valence-electron chi connectivity index (χ2n) is 3.99. The van der Waals surface area contributed by atoms with Crippen LogP contribution in [0.5, 0.6) is 5.75 Å². The monoisotopic (exact) mass is 256 g/mol. The third-order valence-electron chi connectivity index (χ3n) is 2.50. The van der Waals surface area contributed by atoms with Crippen molar-refractivity contribution in [3.05, 3.63) is 23.2 Å². The Hall–Kier alpha value is -1.26. The van der Waals surface area contributed by atoms with Crippen LogP contribution in [-0.4, -0.2) is 17.6 Å². The number of amides is 1. The quantitative estimate of drug-likeness (QED) is 0.708. The number of aromatic hydroxyl groups is 1. The summed E-state index contributed by atoms with van der Waals surface area (Å²) in [6.45, 7) is 2.44. The van der Waals surface area contributed by atoms with E-state index in [1.807, 2.05) is 6.92 Å². The van der Waals surface area contributed by atoms with E-state index in [4.69, 9.17) is 17.3 Å². The lowest BCUT2D eigenvalue weighted by Crippen LogP contribution is -2.21. The third-order valence-corrected chi connectivity index (χ3v) is 2.81. The number of halogens is 1. The molecule has 94 valence electrons. The van der Waals surface area contributed by atoms with E-state index in [9.17, 15) is 9.90 Å². The lowest BCUT2D eigenvalue weighted by atomic mass is 10.0. The molecule has 0 aliphatic heterocycles. The fraction of sp³-hybridized carbons (Fsp3) is 0.417. The molecule has 1 atom stereocenters. The Kier molecular flexibility index (Phi) is 5.25. The minimum atomic E-state index is -0.0915. The molecule has 0 saturated heterocycles. The zero-order valence-corrected chi connectivity index (χ0v) is 10.5. The molecule has 1 amide bonds. The fourth-order valence-electron chi connectivity index (χ4n) is 1.41. The molecule has 0 aliphatic rings. The summed E-state index contributed by atoms with van der Waals surface area (Å²) in [4.78, 5) is 11.8. The van der Waals surface area contributed by atoms with E-state index < -0.39 is 0 Å². The molecule has 1 aromatic carbocycles. The highest BCUT2D eigenvalue weighted by Gasteiger charge is 2.12. The van der Waals surface area contributed by atoms with Gasteiger partial charge in [-0.25, -0.2) is 0 Å². The third kappa shape index (κ3) is 4.24. The van der Waals surface area contributed by atoms with Gasteiger partial charge in [0.15, 0.2) is 0 Å². The van der Waals surface area contributed by atoms with Crippen LogP contribution in [0.25, 0.3) is 0 Å². The van der Waals surface area contributed by atoms with Crippen LogP contribution in [0.3, 0.4) is 0 Å². The van der Waals surface area contributed by atoms with E-state index in [1.165, 1.54) is 12.1 Å². The number of rotatable bonds is 5. The van der Waals surface area contributed by atoms with Gasteiger partial charge < -0.3 is 16.2 Å². The van der Waals surface area contributed by atoms with Crippen LogP contribution in [0.2, 0.25) is 5.02 Å². The van der Waals surface area contributed by atoms with Crippen LogP contribution >= 0.6 is 11.6 Å². The van der Waals surface area contributed by atoms with Crippen LogP contribution in [0.4, 0.5) is 5.69 Å². The van der Waals surface area contributed by atoms with E-state index in [2.05, 4.69) is 5.32 Å².